The van der Waals surface area contributed by atoms with Crippen molar-refractivity contribution in [2.24, 2.45) is 0 Å². The molecular weight excluding hydrogens is 407 g/mol. The van der Waals surface area contributed by atoms with Crippen molar-refractivity contribution < 1.29 is 13.2 Å². The molecule has 2 aromatic rings. The molecule has 1 aliphatic rings. The van der Waals surface area contributed by atoms with Crippen LogP contribution in [0.5, 0.6) is 0 Å². The number of hydrogen-bond donors (Lipinski definition) is 0. The summed E-state index contributed by atoms with van der Waals surface area (Å²) in [5.74, 6) is -0.239. The Bertz CT molecular complexity index is 938. The molecule has 0 aliphatic carbocycles. The minimum absolute atomic E-state index is 0.0941. The van der Waals surface area contributed by atoms with Crippen LogP contribution in [0.25, 0.3) is 0 Å². The minimum Gasteiger partial charge on any atom is -0.336 e. The van der Waals surface area contributed by atoms with Crippen LogP contribution in [0, 0.1) is 0 Å². The highest BCUT2D eigenvalue weighted by Crippen LogP contribution is 2.23. The standard InChI is InChI=1S/C19H20Cl2N2O3S/c1-27(25,26)16-6-7-18(21)17(12-16)19(24)23-10-8-22(9-11-23)13-14-2-4-15(20)5-3-14/h2-7,12H,8-11,13H2,1H3. The maximum atomic E-state index is 12.8. The van der Waals surface area contributed by atoms with Gasteiger partial charge in [-0.15, -0.1) is 0 Å². The molecule has 0 unspecified atom stereocenters. The van der Waals surface area contributed by atoms with Crippen molar-refractivity contribution in [2.75, 3.05) is 32.4 Å². The molecule has 0 N–H and O–H groups in total. The van der Waals surface area contributed by atoms with E-state index in [1.54, 1.807) is 4.90 Å². The maximum absolute atomic E-state index is 12.8. The van der Waals surface area contributed by atoms with Crippen LogP contribution >= 0.6 is 23.2 Å². The molecule has 0 saturated carbocycles. The predicted octanol–water partition coefficient (Wildman–Crippen LogP) is 3.35. The van der Waals surface area contributed by atoms with Gasteiger partial charge in [0.1, 0.15) is 0 Å². The first-order valence-corrected chi connectivity index (χ1v) is 11.1. The smallest absolute Gasteiger partial charge is 0.255 e. The molecule has 1 saturated heterocycles. The van der Waals surface area contributed by atoms with Gasteiger partial charge in [-0.3, -0.25) is 9.69 Å². The number of carbonyl (C=O) groups is 1. The molecule has 3 rings (SSSR count). The highest BCUT2D eigenvalue weighted by Gasteiger charge is 2.24. The van der Waals surface area contributed by atoms with E-state index in [0.29, 0.717) is 18.1 Å². The van der Waals surface area contributed by atoms with Crippen LogP contribution in [-0.2, 0) is 16.4 Å². The fourth-order valence-electron chi connectivity index (χ4n) is 3.03. The van der Waals surface area contributed by atoms with Gasteiger partial charge in [0, 0.05) is 44.0 Å². The van der Waals surface area contributed by atoms with Gasteiger partial charge in [-0.1, -0.05) is 35.3 Å². The van der Waals surface area contributed by atoms with Crippen LogP contribution in [0.1, 0.15) is 15.9 Å². The number of rotatable bonds is 4. The van der Waals surface area contributed by atoms with Crippen LogP contribution in [0.15, 0.2) is 47.4 Å². The Morgan fingerprint density at radius 1 is 1.00 bits per heavy atom. The lowest BCUT2D eigenvalue weighted by molar-refractivity contribution is 0.0628. The van der Waals surface area contributed by atoms with Crippen molar-refractivity contribution in [3.05, 3.63) is 63.6 Å². The zero-order chi connectivity index (χ0) is 19.6. The minimum atomic E-state index is -3.40. The second kappa shape index (κ2) is 8.19. The molecule has 1 aliphatic heterocycles. The summed E-state index contributed by atoms with van der Waals surface area (Å²) in [5.41, 5.74) is 1.40. The van der Waals surface area contributed by atoms with Crippen LogP contribution in [0.2, 0.25) is 10.0 Å². The lowest BCUT2D eigenvalue weighted by atomic mass is 10.1. The van der Waals surface area contributed by atoms with Gasteiger partial charge in [0.2, 0.25) is 0 Å². The Hall–Kier alpha value is -1.60. The van der Waals surface area contributed by atoms with Gasteiger partial charge in [0.05, 0.1) is 15.5 Å². The van der Waals surface area contributed by atoms with Crippen molar-refractivity contribution in [3.63, 3.8) is 0 Å². The molecule has 5 nitrogen and oxygen atoms in total. The molecule has 27 heavy (non-hydrogen) atoms. The summed E-state index contributed by atoms with van der Waals surface area (Å²) in [4.78, 5) is 16.9. The second-order valence-corrected chi connectivity index (χ2v) is 9.47. The van der Waals surface area contributed by atoms with E-state index in [1.807, 2.05) is 24.3 Å². The van der Waals surface area contributed by atoms with E-state index in [4.69, 9.17) is 23.2 Å². The van der Waals surface area contributed by atoms with E-state index in [0.717, 1.165) is 25.9 Å². The zero-order valence-electron chi connectivity index (χ0n) is 14.9. The van der Waals surface area contributed by atoms with E-state index < -0.39 is 9.84 Å². The number of hydrogen-bond acceptors (Lipinski definition) is 4. The highest BCUT2D eigenvalue weighted by atomic mass is 35.5. The third kappa shape index (κ3) is 5.02. The van der Waals surface area contributed by atoms with Crippen molar-refractivity contribution in [2.45, 2.75) is 11.4 Å². The van der Waals surface area contributed by atoms with Crippen molar-refractivity contribution in [1.82, 2.24) is 9.80 Å². The summed E-state index contributed by atoms with van der Waals surface area (Å²) < 4.78 is 23.5. The molecule has 0 spiro atoms. The van der Waals surface area contributed by atoms with Crippen molar-refractivity contribution in [3.8, 4) is 0 Å². The van der Waals surface area contributed by atoms with Gasteiger partial charge in [-0.05, 0) is 35.9 Å². The molecule has 0 bridgehead atoms. The van der Waals surface area contributed by atoms with Crippen LogP contribution in [0.4, 0.5) is 0 Å². The summed E-state index contributed by atoms with van der Waals surface area (Å²) in [5, 5.41) is 0.971. The average Bonchev–Trinajstić information content (AvgIpc) is 2.63. The zero-order valence-corrected chi connectivity index (χ0v) is 17.2. The summed E-state index contributed by atoms with van der Waals surface area (Å²) in [6, 6.07) is 12.0. The lowest BCUT2D eigenvalue weighted by Gasteiger charge is -2.35. The average molecular weight is 427 g/mol. The fraction of sp³-hybridized carbons (Fsp3) is 0.316. The van der Waals surface area contributed by atoms with E-state index in [-0.39, 0.29) is 21.4 Å². The number of carbonyl (C=O) groups excluding carboxylic acids is 1. The number of amides is 1. The van der Waals surface area contributed by atoms with Gasteiger partial charge in [0.15, 0.2) is 9.84 Å². The lowest BCUT2D eigenvalue weighted by Crippen LogP contribution is -2.48. The molecule has 2 aromatic carbocycles. The first-order valence-electron chi connectivity index (χ1n) is 8.50. The van der Waals surface area contributed by atoms with Crippen LogP contribution < -0.4 is 0 Å². The van der Waals surface area contributed by atoms with Crippen LogP contribution in [0.3, 0.4) is 0 Å². The Morgan fingerprint density at radius 3 is 2.22 bits per heavy atom. The Morgan fingerprint density at radius 2 is 1.63 bits per heavy atom. The fourth-order valence-corrected chi connectivity index (χ4v) is 4.00. The number of benzene rings is 2. The molecule has 0 aromatic heterocycles. The Labute approximate surface area is 169 Å². The molecule has 1 heterocycles. The van der Waals surface area contributed by atoms with Crippen LogP contribution in [-0.4, -0.2) is 56.6 Å². The van der Waals surface area contributed by atoms with Crippen molar-refractivity contribution >= 4 is 38.9 Å². The topological polar surface area (TPSA) is 57.7 Å². The Balaban J connectivity index is 1.65. The number of nitrogens with zero attached hydrogens (tertiary/aromatic N) is 2. The summed E-state index contributed by atoms with van der Waals surface area (Å²) in [6.45, 7) is 3.39. The third-order valence-electron chi connectivity index (χ3n) is 4.58. The third-order valence-corrected chi connectivity index (χ3v) is 6.27. The summed E-state index contributed by atoms with van der Waals surface area (Å²) in [6.07, 6.45) is 1.11. The summed E-state index contributed by atoms with van der Waals surface area (Å²) >= 11 is 12.1. The molecule has 8 heteroatoms. The largest absolute Gasteiger partial charge is 0.336 e. The number of sulfone groups is 1. The molecule has 0 radical (unpaired) electrons. The first kappa shape index (κ1) is 20.1. The van der Waals surface area contributed by atoms with E-state index in [1.165, 1.54) is 23.8 Å². The van der Waals surface area contributed by atoms with E-state index in [2.05, 4.69) is 4.90 Å². The monoisotopic (exact) mass is 426 g/mol. The molecule has 1 amide bonds. The molecular formula is C19H20Cl2N2O3S. The normalized spacial score (nSPS) is 15.7. The predicted molar refractivity (Wildman–Crippen MR) is 107 cm³/mol. The van der Waals surface area contributed by atoms with E-state index >= 15 is 0 Å². The van der Waals surface area contributed by atoms with Gasteiger partial charge in [-0.2, -0.15) is 0 Å². The van der Waals surface area contributed by atoms with Gasteiger partial charge >= 0.3 is 0 Å². The maximum Gasteiger partial charge on any atom is 0.255 e. The highest BCUT2D eigenvalue weighted by molar-refractivity contribution is 7.90. The second-order valence-electron chi connectivity index (χ2n) is 6.61. The quantitative estimate of drug-likeness (QED) is 0.751. The van der Waals surface area contributed by atoms with Gasteiger partial charge in [0.25, 0.3) is 5.91 Å². The summed E-state index contributed by atoms with van der Waals surface area (Å²) in [7, 11) is -3.40. The van der Waals surface area contributed by atoms with Gasteiger partial charge < -0.3 is 4.90 Å². The SMILES string of the molecule is CS(=O)(=O)c1ccc(Cl)c(C(=O)N2CCN(Cc3ccc(Cl)cc3)CC2)c1. The van der Waals surface area contributed by atoms with Gasteiger partial charge in [-0.25, -0.2) is 8.42 Å². The van der Waals surface area contributed by atoms with E-state index in [9.17, 15) is 13.2 Å². The molecule has 0 atom stereocenters. The Kier molecular flexibility index (Phi) is 6.11. The molecule has 144 valence electrons. The number of piperazine rings is 1. The first-order chi connectivity index (χ1) is 12.7. The number of halogens is 2. The van der Waals surface area contributed by atoms with Crippen molar-refractivity contribution in [1.29, 1.82) is 0 Å². The molecule has 1 fully saturated rings.